The molecule has 114 valence electrons. The smallest absolute Gasteiger partial charge is 0.320 e. The van der Waals surface area contributed by atoms with Crippen molar-refractivity contribution < 1.29 is 13.9 Å². The van der Waals surface area contributed by atoms with Crippen LogP contribution in [0, 0.1) is 6.92 Å². The van der Waals surface area contributed by atoms with E-state index in [1.807, 2.05) is 39.8 Å². The lowest BCUT2D eigenvalue weighted by atomic mass is 9.86. The summed E-state index contributed by atoms with van der Waals surface area (Å²) in [5.41, 5.74) is -0.473. The number of aryl methyl sites for hydroxylation is 1. The van der Waals surface area contributed by atoms with Gasteiger partial charge in [0.05, 0.1) is 6.54 Å². The number of hydrogen-bond acceptors (Lipinski definition) is 4. The van der Waals surface area contributed by atoms with E-state index in [1.165, 1.54) is 0 Å². The molecule has 0 aliphatic heterocycles. The van der Waals surface area contributed by atoms with Crippen LogP contribution in [0.4, 0.5) is 0 Å². The Balaban J connectivity index is 2.32. The van der Waals surface area contributed by atoms with E-state index in [2.05, 4.69) is 19.2 Å². The van der Waals surface area contributed by atoms with Gasteiger partial charge in [-0.05, 0) is 52.8 Å². The van der Waals surface area contributed by atoms with Crippen LogP contribution in [-0.4, -0.2) is 24.7 Å². The fourth-order valence-corrected chi connectivity index (χ4v) is 1.89. The molecule has 0 fully saturated rings. The first kappa shape index (κ1) is 16.8. The van der Waals surface area contributed by atoms with Gasteiger partial charge in [0.15, 0.2) is 0 Å². The fraction of sp³-hybridized carbons (Fsp3) is 0.688. The molecule has 0 amide bonds. The number of carbonyl (C=O) groups is 1. The Morgan fingerprint density at radius 3 is 2.40 bits per heavy atom. The van der Waals surface area contributed by atoms with Crippen LogP contribution in [0.5, 0.6) is 0 Å². The van der Waals surface area contributed by atoms with E-state index in [4.69, 9.17) is 9.15 Å². The van der Waals surface area contributed by atoms with E-state index in [9.17, 15) is 4.79 Å². The molecule has 0 aliphatic rings. The molecule has 4 nitrogen and oxygen atoms in total. The van der Waals surface area contributed by atoms with Crippen molar-refractivity contribution in [2.24, 2.45) is 0 Å². The van der Waals surface area contributed by atoms with Crippen molar-refractivity contribution in [1.29, 1.82) is 0 Å². The molecule has 0 saturated carbocycles. The maximum absolute atomic E-state index is 11.6. The number of carbonyl (C=O) groups excluding carboxylic acids is 1. The molecule has 0 atom stereocenters. The number of nitrogens with one attached hydrogen (secondary N) is 1. The molecule has 0 saturated heterocycles. The first-order valence-corrected chi connectivity index (χ1v) is 7.10. The van der Waals surface area contributed by atoms with Gasteiger partial charge in [-0.15, -0.1) is 0 Å². The average Bonchev–Trinajstić information content (AvgIpc) is 2.70. The highest BCUT2D eigenvalue weighted by atomic mass is 16.6. The number of ether oxygens (including phenoxy) is 1. The molecule has 0 aromatic carbocycles. The maximum atomic E-state index is 11.6. The first-order valence-electron chi connectivity index (χ1n) is 7.10. The Morgan fingerprint density at radius 1 is 1.25 bits per heavy atom. The lowest BCUT2D eigenvalue weighted by Gasteiger charge is -2.23. The van der Waals surface area contributed by atoms with Crippen LogP contribution in [0.1, 0.15) is 52.6 Å². The topological polar surface area (TPSA) is 51.5 Å². The molecule has 0 aliphatic carbocycles. The van der Waals surface area contributed by atoms with E-state index >= 15 is 0 Å². The van der Waals surface area contributed by atoms with Gasteiger partial charge in [0.1, 0.15) is 17.1 Å². The zero-order chi connectivity index (χ0) is 15.4. The van der Waals surface area contributed by atoms with Crippen LogP contribution in [-0.2, 0) is 14.9 Å². The van der Waals surface area contributed by atoms with E-state index in [0.717, 1.165) is 24.5 Å². The summed E-state index contributed by atoms with van der Waals surface area (Å²) in [5.74, 6) is 1.69. The van der Waals surface area contributed by atoms with E-state index < -0.39 is 5.60 Å². The van der Waals surface area contributed by atoms with Crippen LogP contribution in [0.2, 0.25) is 0 Å². The lowest BCUT2D eigenvalue weighted by Crippen LogP contribution is -2.33. The highest BCUT2D eigenvalue weighted by Gasteiger charge is 2.24. The van der Waals surface area contributed by atoms with Crippen molar-refractivity contribution in [3.63, 3.8) is 0 Å². The van der Waals surface area contributed by atoms with Gasteiger partial charge >= 0.3 is 5.97 Å². The molecule has 0 radical (unpaired) electrons. The van der Waals surface area contributed by atoms with Crippen LogP contribution in [0.3, 0.4) is 0 Å². The predicted molar refractivity (Wildman–Crippen MR) is 79.8 cm³/mol. The van der Waals surface area contributed by atoms with Crippen molar-refractivity contribution in [3.8, 4) is 0 Å². The van der Waals surface area contributed by atoms with Gasteiger partial charge in [0.2, 0.25) is 0 Å². The lowest BCUT2D eigenvalue weighted by molar-refractivity contribution is -0.153. The van der Waals surface area contributed by atoms with Crippen molar-refractivity contribution in [2.45, 2.75) is 59.0 Å². The van der Waals surface area contributed by atoms with Crippen molar-refractivity contribution >= 4 is 5.97 Å². The van der Waals surface area contributed by atoms with Gasteiger partial charge in [-0.3, -0.25) is 4.79 Å². The van der Waals surface area contributed by atoms with Crippen molar-refractivity contribution in [1.82, 2.24) is 5.32 Å². The zero-order valence-corrected chi connectivity index (χ0v) is 13.5. The molecule has 1 aromatic rings. The maximum Gasteiger partial charge on any atom is 0.320 e. The molecule has 1 N–H and O–H groups in total. The first-order chi connectivity index (χ1) is 9.10. The highest BCUT2D eigenvalue weighted by Crippen LogP contribution is 2.27. The third-order valence-electron chi connectivity index (χ3n) is 3.02. The molecule has 20 heavy (non-hydrogen) atoms. The Bertz CT molecular complexity index is 441. The summed E-state index contributed by atoms with van der Waals surface area (Å²) in [6, 6.07) is 3.99. The molecule has 1 heterocycles. The van der Waals surface area contributed by atoms with Gasteiger partial charge in [-0.25, -0.2) is 0 Å². The molecule has 0 bridgehead atoms. The molecule has 1 rings (SSSR count). The van der Waals surface area contributed by atoms with Gasteiger partial charge in [0, 0.05) is 5.41 Å². The van der Waals surface area contributed by atoms with E-state index in [-0.39, 0.29) is 17.9 Å². The number of furan rings is 1. The standard InChI is InChI=1S/C16H27NO3/c1-12-7-8-13(19-12)16(5,6)9-10-17-11-14(18)20-15(2,3)4/h7-8,17H,9-11H2,1-6H3. The number of rotatable bonds is 6. The van der Waals surface area contributed by atoms with Crippen LogP contribution < -0.4 is 5.32 Å². The molecule has 0 unspecified atom stereocenters. The SMILES string of the molecule is Cc1ccc(C(C)(C)CCNCC(=O)OC(C)(C)C)o1. The quantitative estimate of drug-likeness (QED) is 0.642. The van der Waals surface area contributed by atoms with Gasteiger partial charge in [0.25, 0.3) is 0 Å². The third kappa shape index (κ3) is 5.78. The van der Waals surface area contributed by atoms with Crippen LogP contribution in [0.15, 0.2) is 16.5 Å². The summed E-state index contributed by atoms with van der Waals surface area (Å²) in [4.78, 5) is 11.6. The Labute approximate surface area is 121 Å². The summed E-state index contributed by atoms with van der Waals surface area (Å²) in [6.07, 6.45) is 0.892. The van der Waals surface area contributed by atoms with Crippen LogP contribution in [0.25, 0.3) is 0 Å². The van der Waals surface area contributed by atoms with Crippen molar-refractivity contribution in [2.75, 3.05) is 13.1 Å². The zero-order valence-electron chi connectivity index (χ0n) is 13.5. The minimum atomic E-state index is -0.427. The molecular weight excluding hydrogens is 254 g/mol. The number of hydrogen-bond donors (Lipinski definition) is 1. The highest BCUT2D eigenvalue weighted by molar-refractivity contribution is 5.72. The second-order valence-electron chi connectivity index (χ2n) is 6.81. The van der Waals surface area contributed by atoms with E-state index in [1.54, 1.807) is 0 Å². The molecule has 1 aromatic heterocycles. The second-order valence-corrected chi connectivity index (χ2v) is 6.81. The fourth-order valence-electron chi connectivity index (χ4n) is 1.89. The normalized spacial score (nSPS) is 12.5. The predicted octanol–water partition coefficient (Wildman–Crippen LogP) is 3.19. The minimum absolute atomic E-state index is 0.0464. The van der Waals surface area contributed by atoms with E-state index in [0.29, 0.717) is 0 Å². The average molecular weight is 281 g/mol. The Hall–Kier alpha value is -1.29. The minimum Gasteiger partial charge on any atom is -0.466 e. The molecule has 0 spiro atoms. The van der Waals surface area contributed by atoms with Gasteiger partial charge < -0.3 is 14.5 Å². The summed E-state index contributed by atoms with van der Waals surface area (Å²) in [5, 5.41) is 3.12. The third-order valence-corrected chi connectivity index (χ3v) is 3.02. The Morgan fingerprint density at radius 2 is 1.90 bits per heavy atom. The summed E-state index contributed by atoms with van der Waals surface area (Å²) < 4.78 is 10.9. The summed E-state index contributed by atoms with van der Waals surface area (Å²) in [6.45, 7) is 12.8. The largest absolute Gasteiger partial charge is 0.466 e. The molecular formula is C16H27NO3. The van der Waals surface area contributed by atoms with Gasteiger partial charge in [-0.2, -0.15) is 0 Å². The monoisotopic (exact) mass is 281 g/mol. The summed E-state index contributed by atoms with van der Waals surface area (Å²) in [7, 11) is 0. The molecule has 4 heteroatoms. The second kappa shape index (κ2) is 6.44. The van der Waals surface area contributed by atoms with Crippen LogP contribution >= 0.6 is 0 Å². The Kier molecular flexibility index (Phi) is 5.40. The number of esters is 1. The van der Waals surface area contributed by atoms with Gasteiger partial charge in [-0.1, -0.05) is 13.8 Å². The van der Waals surface area contributed by atoms with Crippen molar-refractivity contribution in [3.05, 3.63) is 23.7 Å². The summed E-state index contributed by atoms with van der Waals surface area (Å²) >= 11 is 0.